The fraction of sp³-hybridized carbons (Fsp3) is 0.647. The van der Waals surface area contributed by atoms with E-state index in [4.69, 9.17) is 15.9 Å². The summed E-state index contributed by atoms with van der Waals surface area (Å²) in [6, 6.07) is 0. The first-order valence-electron chi connectivity index (χ1n) is 22.4. The van der Waals surface area contributed by atoms with Gasteiger partial charge >= 0.3 is 11.9 Å². The van der Waals surface area contributed by atoms with Crippen molar-refractivity contribution in [2.45, 2.75) is 125 Å². The molecule has 63 heavy (non-hydrogen) atoms. The average Bonchev–Trinajstić information content (AvgIpc) is 3.97. The number of hydrogen-bond donors (Lipinski definition) is 6. The molecule has 12 heteroatoms. The van der Waals surface area contributed by atoms with E-state index in [9.17, 15) is 49.8 Å². The van der Waals surface area contributed by atoms with Gasteiger partial charge in [-0.25, -0.2) is 9.59 Å². The van der Waals surface area contributed by atoms with Crippen LogP contribution in [0.2, 0.25) is 0 Å². The number of carbonyl (C=O) groups is 4. The summed E-state index contributed by atoms with van der Waals surface area (Å²) >= 11 is 0. The maximum atomic E-state index is 14.2. The molecule has 342 valence electrons. The van der Waals surface area contributed by atoms with Crippen molar-refractivity contribution in [2.24, 2.45) is 69.0 Å². The van der Waals surface area contributed by atoms with E-state index in [2.05, 4.69) is 33.6 Å². The molecule has 0 aromatic heterocycles. The van der Waals surface area contributed by atoms with E-state index < -0.39 is 89.4 Å². The molecule has 0 aliphatic heterocycles. The Labute approximate surface area is 370 Å². The average molecular weight is 871 g/mol. The number of aliphatic hydroxyl groups is 6. The molecular weight excluding hydrogens is 805 g/mol. The van der Waals surface area contributed by atoms with E-state index in [0.29, 0.717) is 34.6 Å². The lowest BCUT2D eigenvalue weighted by atomic mass is 9.58. The van der Waals surface area contributed by atoms with Gasteiger partial charge in [0.1, 0.15) is 12.2 Å². The van der Waals surface area contributed by atoms with Crippen LogP contribution in [0.25, 0.3) is 0 Å². The zero-order chi connectivity index (χ0) is 46.9. The summed E-state index contributed by atoms with van der Waals surface area (Å²) in [5.41, 5.74) is -5.41. The SMILES string of the molecule is C#CC1C[C@@H]2[C@H]([C@H]3C=C(CO)[C@@H](OC(=O)/C(C)=C\C)[C@]4(O)[C@@H](O)C(C)=C[C@@]14C3=O)C2(C)C.C/C=C(\C)C(=O)O[C@H]1C(C)=C[C@]23C(=O)[C@H](C=C(CO)[C@@H](O)[C@]12O)[C@H]1[C@@H](C[C@H]3C)C1(C)C. The van der Waals surface area contributed by atoms with E-state index >= 15 is 0 Å². The zero-order valence-corrected chi connectivity index (χ0v) is 38.4. The van der Waals surface area contributed by atoms with Gasteiger partial charge in [0.15, 0.2) is 35.0 Å². The van der Waals surface area contributed by atoms with Gasteiger partial charge in [-0.15, -0.1) is 12.3 Å². The Hall–Kier alpha value is -3.96. The second-order valence-corrected chi connectivity index (χ2v) is 21.1. The molecule has 0 aromatic carbocycles. The predicted octanol–water partition coefficient (Wildman–Crippen LogP) is 4.28. The number of Topliss-reactive ketones (excluding diaryl/α,β-unsaturated/α-hetero) is 2. The molecule has 16 atom stereocenters. The number of esters is 2. The van der Waals surface area contributed by atoms with E-state index in [1.165, 1.54) is 0 Å². The minimum absolute atomic E-state index is 0.00537. The second-order valence-electron chi connectivity index (χ2n) is 21.1. The van der Waals surface area contributed by atoms with Crippen molar-refractivity contribution >= 4 is 23.5 Å². The van der Waals surface area contributed by atoms with Crippen LogP contribution in [-0.4, -0.2) is 103 Å². The Morgan fingerprint density at radius 1 is 0.746 bits per heavy atom. The standard InChI is InChI=1S/C26H32O6.C25H34O6/c1-7-13(3)23(30)32-22-15(12-27)9-17-19-18(24(19,5)6)10-16(8-2)25(21(17)29)11-14(4)20(28)26(22,25)31;1-7-12(2)22(29)31-21-13(3)10-24-14(4)8-17-18(23(17,5)6)16(20(24)28)9-15(11-26)19(27)25(21,24)30/h2,7,9,11,16-20,22,27-28,31H,10,12H2,1,3-6H3;7,9-10,14,16-19,21,26-27,30H,8,11H2,1-6H3/b13-7-;12-7+/t16?,17-,18-,19+,20+,22-,25+,26-;14-,16-,17-,18+,19-,21+,24+,25+/m11/s1. The molecule has 0 radical (unpaired) electrons. The Kier molecular flexibility index (Phi) is 11.4. The third-order valence-electron chi connectivity index (χ3n) is 17.6. The van der Waals surface area contributed by atoms with E-state index in [1.54, 1.807) is 78.0 Å². The third kappa shape index (κ3) is 6.02. The highest BCUT2D eigenvalue weighted by atomic mass is 16.6. The van der Waals surface area contributed by atoms with Crippen molar-refractivity contribution in [3.63, 3.8) is 0 Å². The quantitative estimate of drug-likeness (QED) is 0.0958. The number of allylic oxidation sites excluding steroid dienone is 4. The second kappa shape index (κ2) is 15.3. The lowest BCUT2D eigenvalue weighted by Crippen LogP contribution is -2.66. The molecule has 8 aliphatic rings. The number of hydrogen-bond acceptors (Lipinski definition) is 12. The van der Waals surface area contributed by atoms with Crippen LogP contribution in [0.3, 0.4) is 0 Å². The molecule has 1 unspecified atom stereocenters. The maximum absolute atomic E-state index is 14.2. The van der Waals surface area contributed by atoms with Gasteiger partial charge in [-0.1, -0.05) is 71.1 Å². The summed E-state index contributed by atoms with van der Waals surface area (Å²) in [4.78, 5) is 53.8. The zero-order valence-electron chi connectivity index (χ0n) is 38.4. The number of carbonyl (C=O) groups excluding carboxylic acids is 4. The molecule has 4 bridgehead atoms. The summed E-state index contributed by atoms with van der Waals surface area (Å²) < 4.78 is 11.5. The topological polar surface area (TPSA) is 208 Å². The van der Waals surface area contributed by atoms with E-state index in [0.717, 1.165) is 6.42 Å². The normalized spacial score (nSPS) is 44.9. The van der Waals surface area contributed by atoms with Crippen LogP contribution in [0.4, 0.5) is 0 Å². The van der Waals surface area contributed by atoms with Crippen LogP contribution in [-0.2, 0) is 28.7 Å². The fourth-order valence-electron chi connectivity index (χ4n) is 13.6. The van der Waals surface area contributed by atoms with Crippen LogP contribution in [0.1, 0.15) is 89.0 Å². The first-order valence-corrected chi connectivity index (χ1v) is 22.4. The number of aliphatic hydroxyl groups excluding tert-OH is 4. The van der Waals surface area contributed by atoms with Gasteiger partial charge in [-0.05, 0) is 117 Å². The van der Waals surface area contributed by atoms with Crippen LogP contribution in [0, 0.1) is 81.3 Å². The number of fused-ring (bicyclic) bond motifs is 6. The van der Waals surface area contributed by atoms with Gasteiger partial charge < -0.3 is 40.1 Å². The van der Waals surface area contributed by atoms with Gasteiger partial charge in [-0.3, -0.25) is 9.59 Å². The number of rotatable bonds is 6. The van der Waals surface area contributed by atoms with Crippen molar-refractivity contribution in [3.8, 4) is 12.3 Å². The number of terminal acetylenes is 1. The van der Waals surface area contributed by atoms with E-state index in [1.807, 2.05) is 6.92 Å². The summed E-state index contributed by atoms with van der Waals surface area (Å²) in [7, 11) is 0. The van der Waals surface area contributed by atoms with Crippen LogP contribution < -0.4 is 0 Å². The highest BCUT2D eigenvalue weighted by Gasteiger charge is 2.78. The summed E-state index contributed by atoms with van der Waals surface area (Å²) in [5, 5.41) is 67.5. The highest BCUT2D eigenvalue weighted by molar-refractivity contribution is 5.97. The first-order chi connectivity index (χ1) is 29.3. The molecular formula is C51H66O12. The van der Waals surface area contributed by atoms with Gasteiger partial charge in [0.2, 0.25) is 0 Å². The molecule has 12 nitrogen and oxygen atoms in total. The summed E-state index contributed by atoms with van der Waals surface area (Å²) in [6.45, 7) is 19.4. The molecule has 8 rings (SSSR count). The molecule has 8 aliphatic carbocycles. The van der Waals surface area contributed by atoms with Gasteiger partial charge in [-0.2, -0.15) is 0 Å². The van der Waals surface area contributed by atoms with E-state index in [-0.39, 0.29) is 57.2 Å². The Morgan fingerprint density at radius 3 is 1.68 bits per heavy atom. The Morgan fingerprint density at radius 2 is 1.19 bits per heavy atom. The van der Waals surface area contributed by atoms with Gasteiger partial charge in [0.05, 0.1) is 24.0 Å². The number of ether oxygens (including phenoxy) is 2. The maximum Gasteiger partial charge on any atom is 0.334 e. The van der Waals surface area contributed by atoms with Crippen molar-refractivity contribution in [2.75, 3.05) is 13.2 Å². The van der Waals surface area contributed by atoms with Crippen molar-refractivity contribution in [1.82, 2.24) is 0 Å². The third-order valence-corrected chi connectivity index (χ3v) is 17.6. The smallest absolute Gasteiger partial charge is 0.334 e. The highest BCUT2D eigenvalue weighted by Crippen LogP contribution is 2.73. The van der Waals surface area contributed by atoms with Crippen LogP contribution >= 0.6 is 0 Å². The Bertz CT molecular complexity index is 2250. The molecule has 0 heterocycles. The minimum Gasteiger partial charge on any atom is -0.451 e. The molecule has 0 saturated heterocycles. The minimum atomic E-state index is -2.22. The first kappa shape index (κ1) is 47.0. The van der Waals surface area contributed by atoms with Crippen molar-refractivity contribution < 1.29 is 59.3 Å². The summed E-state index contributed by atoms with van der Waals surface area (Å²) in [6.07, 6.45) is 11.4. The number of ketones is 2. The molecule has 0 aromatic rings. The van der Waals surface area contributed by atoms with Crippen molar-refractivity contribution in [1.29, 1.82) is 0 Å². The Balaban J connectivity index is 0.000000189. The molecule has 4 fully saturated rings. The largest absolute Gasteiger partial charge is 0.451 e. The summed E-state index contributed by atoms with van der Waals surface area (Å²) in [5.74, 6) is -0.479. The monoisotopic (exact) mass is 870 g/mol. The lowest BCUT2D eigenvalue weighted by molar-refractivity contribution is -0.201. The van der Waals surface area contributed by atoms with Crippen molar-refractivity contribution in [3.05, 3.63) is 69.9 Å². The predicted molar refractivity (Wildman–Crippen MR) is 232 cm³/mol. The van der Waals surface area contributed by atoms with Gasteiger partial charge in [0, 0.05) is 28.9 Å². The van der Waals surface area contributed by atoms with Crippen LogP contribution in [0.15, 0.2) is 69.9 Å². The van der Waals surface area contributed by atoms with Gasteiger partial charge in [0.25, 0.3) is 0 Å². The fourth-order valence-corrected chi connectivity index (χ4v) is 13.6. The molecule has 4 saturated carbocycles. The molecule has 0 amide bonds. The molecule has 2 spiro atoms. The molecule has 6 N–H and O–H groups in total. The van der Waals surface area contributed by atoms with Crippen LogP contribution in [0.5, 0.6) is 0 Å². The lowest BCUT2D eigenvalue weighted by Gasteiger charge is -2.48.